The molecule has 1 heterocycles. The van der Waals surface area contributed by atoms with Crippen molar-refractivity contribution in [3.63, 3.8) is 0 Å². The monoisotopic (exact) mass is 624 g/mol. The molecule has 232 valence electrons. The Labute approximate surface area is 266 Å². The average molecular weight is 626 g/mol. The number of nitrogens with zero attached hydrogens (tertiary/aromatic N) is 3. The van der Waals surface area contributed by atoms with Crippen molar-refractivity contribution in [2.24, 2.45) is 22.4 Å². The van der Waals surface area contributed by atoms with Crippen LogP contribution in [0.4, 0.5) is 0 Å². The number of aliphatic imine (C=N–C) groups is 1. The number of hydrogen-bond acceptors (Lipinski definition) is 4. The number of piperazine rings is 1. The molecule has 0 bridgehead atoms. The molecule has 1 amide bonds. The van der Waals surface area contributed by atoms with E-state index in [9.17, 15) is 4.79 Å². The van der Waals surface area contributed by atoms with E-state index in [-0.39, 0.29) is 24.0 Å². The quantitative estimate of drug-likeness (QED) is 0.140. The van der Waals surface area contributed by atoms with Crippen molar-refractivity contribution in [3.05, 3.63) is 81.8 Å². The van der Waals surface area contributed by atoms with Gasteiger partial charge in [-0.25, -0.2) is 0 Å². The molecule has 5 N–H and O–H groups in total. The molecule has 0 radical (unpaired) electrons. The van der Waals surface area contributed by atoms with Crippen molar-refractivity contribution in [3.8, 4) is 0 Å². The predicted molar refractivity (Wildman–Crippen MR) is 181 cm³/mol. The second-order valence-corrected chi connectivity index (χ2v) is 13.0. The Bertz CT molecular complexity index is 1400. The third kappa shape index (κ3) is 9.57. The van der Waals surface area contributed by atoms with Crippen molar-refractivity contribution in [1.82, 2.24) is 15.1 Å². The van der Waals surface area contributed by atoms with Crippen LogP contribution < -0.4 is 16.8 Å². The minimum atomic E-state index is -0.110. The summed E-state index contributed by atoms with van der Waals surface area (Å²) < 4.78 is 0. The molecular formula is C34H46Cl2N6O. The summed E-state index contributed by atoms with van der Waals surface area (Å²) in [6, 6.07) is 20.4. The van der Waals surface area contributed by atoms with Gasteiger partial charge in [-0.1, -0.05) is 85.6 Å². The fraction of sp³-hybridized carbons (Fsp3) is 0.471. The number of amides is 1. The number of carbonyl (C=O) groups excluding carboxylic acids is 1. The summed E-state index contributed by atoms with van der Waals surface area (Å²) in [4.78, 5) is 22.6. The molecule has 1 saturated heterocycles. The summed E-state index contributed by atoms with van der Waals surface area (Å²) in [5.74, 6) is 1.08. The normalized spacial score (nSPS) is 18.8. The van der Waals surface area contributed by atoms with Crippen LogP contribution in [0.5, 0.6) is 0 Å². The van der Waals surface area contributed by atoms with Gasteiger partial charge in [-0.3, -0.25) is 14.7 Å². The summed E-state index contributed by atoms with van der Waals surface area (Å²) in [7, 11) is 1.67. The Hall–Kier alpha value is -2.84. The van der Waals surface area contributed by atoms with Crippen LogP contribution >= 0.6 is 23.2 Å². The van der Waals surface area contributed by atoms with Gasteiger partial charge in [0.25, 0.3) is 0 Å². The van der Waals surface area contributed by atoms with E-state index >= 15 is 0 Å². The van der Waals surface area contributed by atoms with Crippen LogP contribution in [0.1, 0.15) is 44.2 Å². The van der Waals surface area contributed by atoms with Crippen LogP contribution in [0.15, 0.2) is 65.7 Å². The van der Waals surface area contributed by atoms with Crippen molar-refractivity contribution < 1.29 is 4.79 Å². The minimum absolute atomic E-state index is 0.110. The molecule has 1 unspecified atom stereocenters. The zero-order valence-corrected chi connectivity index (χ0v) is 27.1. The second kappa shape index (κ2) is 15.8. The average Bonchev–Trinajstić information content (AvgIpc) is 2.97. The fourth-order valence-electron chi connectivity index (χ4n) is 6.15. The summed E-state index contributed by atoms with van der Waals surface area (Å²) in [6.07, 6.45) is 3.80. The molecule has 0 saturated carbocycles. The number of fused-ring (bicyclic) bond motifs is 1. The maximum Gasteiger partial charge on any atom is 0.227 e. The van der Waals surface area contributed by atoms with E-state index in [0.717, 1.165) is 55.4 Å². The van der Waals surface area contributed by atoms with Crippen molar-refractivity contribution in [1.29, 1.82) is 0 Å². The fourth-order valence-corrected chi connectivity index (χ4v) is 6.64. The summed E-state index contributed by atoms with van der Waals surface area (Å²) in [5.41, 5.74) is 14.6. The molecule has 0 spiro atoms. The lowest BCUT2D eigenvalue weighted by Gasteiger charge is -2.48. The van der Waals surface area contributed by atoms with Gasteiger partial charge in [-0.2, -0.15) is 0 Å². The molecule has 7 nitrogen and oxygen atoms in total. The zero-order valence-electron chi connectivity index (χ0n) is 25.6. The van der Waals surface area contributed by atoms with Gasteiger partial charge in [-0.15, -0.1) is 0 Å². The molecule has 3 atom stereocenters. The highest BCUT2D eigenvalue weighted by Gasteiger charge is 2.36. The second-order valence-electron chi connectivity index (χ2n) is 12.2. The van der Waals surface area contributed by atoms with Gasteiger partial charge in [0.15, 0.2) is 5.96 Å². The third-order valence-electron chi connectivity index (χ3n) is 8.27. The molecule has 1 aliphatic heterocycles. The number of rotatable bonds is 12. The highest BCUT2D eigenvalue weighted by atomic mass is 35.5. The lowest BCUT2D eigenvalue weighted by atomic mass is 9.94. The lowest BCUT2D eigenvalue weighted by molar-refractivity contribution is -0.138. The highest BCUT2D eigenvalue weighted by molar-refractivity contribution is 6.35. The number of hydrogen-bond donors (Lipinski definition) is 3. The Morgan fingerprint density at radius 1 is 1.05 bits per heavy atom. The van der Waals surface area contributed by atoms with E-state index < -0.39 is 0 Å². The van der Waals surface area contributed by atoms with E-state index in [1.54, 1.807) is 13.1 Å². The number of carbonyl (C=O) groups is 1. The topological polar surface area (TPSA) is 100.0 Å². The molecule has 1 fully saturated rings. The van der Waals surface area contributed by atoms with Crippen LogP contribution in [0, 0.1) is 5.92 Å². The highest BCUT2D eigenvalue weighted by Crippen LogP contribution is 2.27. The Morgan fingerprint density at radius 3 is 2.53 bits per heavy atom. The van der Waals surface area contributed by atoms with Gasteiger partial charge < -0.3 is 21.7 Å². The van der Waals surface area contributed by atoms with Crippen molar-refractivity contribution in [2.45, 2.75) is 64.1 Å². The number of nitrogens with two attached hydrogens (primary N) is 2. The summed E-state index contributed by atoms with van der Waals surface area (Å²) in [6.45, 7) is 7.36. The van der Waals surface area contributed by atoms with Crippen LogP contribution in [0.2, 0.25) is 10.0 Å². The molecule has 0 aromatic heterocycles. The van der Waals surface area contributed by atoms with Gasteiger partial charge in [0.1, 0.15) is 0 Å². The largest absolute Gasteiger partial charge is 0.370 e. The lowest BCUT2D eigenvalue weighted by Crippen LogP contribution is -2.62. The van der Waals surface area contributed by atoms with E-state index in [0.29, 0.717) is 41.3 Å². The molecule has 9 heteroatoms. The number of guanidine groups is 1. The van der Waals surface area contributed by atoms with E-state index in [1.807, 2.05) is 24.3 Å². The first kappa shape index (κ1) is 33.1. The molecule has 43 heavy (non-hydrogen) atoms. The van der Waals surface area contributed by atoms with Crippen molar-refractivity contribution >= 4 is 45.8 Å². The Balaban J connectivity index is 1.51. The molecule has 0 aliphatic carbocycles. The van der Waals surface area contributed by atoms with Crippen LogP contribution in [0.3, 0.4) is 0 Å². The maximum absolute atomic E-state index is 13.9. The summed E-state index contributed by atoms with van der Waals surface area (Å²) in [5, 5.41) is 6.77. The first-order valence-electron chi connectivity index (χ1n) is 15.3. The van der Waals surface area contributed by atoms with Gasteiger partial charge in [0.05, 0.1) is 6.42 Å². The van der Waals surface area contributed by atoms with Gasteiger partial charge in [0.2, 0.25) is 5.91 Å². The number of benzene rings is 3. The SMILES string of the molecule is CN=C(N)NCCCC1CN(C(=O)Cc2ccc3ccccc3c2)[C@H](CC(C)C)CN1C[C@@H](N)Cc1ccc(Cl)cc1Cl. The smallest absolute Gasteiger partial charge is 0.227 e. The van der Waals surface area contributed by atoms with Crippen LogP contribution in [-0.2, 0) is 17.6 Å². The Kier molecular flexibility index (Phi) is 12.1. The minimum Gasteiger partial charge on any atom is -0.370 e. The van der Waals surface area contributed by atoms with Crippen LogP contribution in [-0.4, -0.2) is 73.0 Å². The Morgan fingerprint density at radius 2 is 1.81 bits per heavy atom. The van der Waals surface area contributed by atoms with Gasteiger partial charge in [0, 0.05) is 61.4 Å². The van der Waals surface area contributed by atoms with E-state index in [2.05, 4.69) is 64.3 Å². The first-order chi connectivity index (χ1) is 20.6. The van der Waals surface area contributed by atoms with Gasteiger partial charge >= 0.3 is 0 Å². The molecule has 3 aromatic rings. The molecular weight excluding hydrogens is 579 g/mol. The van der Waals surface area contributed by atoms with E-state index in [1.165, 1.54) is 5.39 Å². The first-order valence-corrected chi connectivity index (χ1v) is 16.0. The standard InChI is InChI=1S/C34H46Cl2N6O/c1-23(2)15-31-21-41(20-29(37)18-27-12-13-28(35)19-32(27)36)30(9-6-14-40-34(38)39-3)22-42(31)33(43)17-24-10-11-25-7-4-5-8-26(25)16-24/h4-5,7-8,10-13,16,19,23,29-31H,6,9,14-15,17-18,20-22,37H2,1-3H3,(H3,38,39,40)/t29-,30?,31+/m0/s1. The summed E-state index contributed by atoms with van der Waals surface area (Å²) >= 11 is 12.6. The van der Waals surface area contributed by atoms with Crippen molar-refractivity contribution in [2.75, 3.05) is 33.2 Å². The van der Waals surface area contributed by atoms with E-state index in [4.69, 9.17) is 34.7 Å². The third-order valence-corrected chi connectivity index (χ3v) is 8.86. The maximum atomic E-state index is 13.9. The van der Waals surface area contributed by atoms with Crippen LogP contribution in [0.25, 0.3) is 10.8 Å². The number of halogens is 2. The molecule has 3 aromatic carbocycles. The molecule has 4 rings (SSSR count). The zero-order chi connectivity index (χ0) is 30.9. The van der Waals surface area contributed by atoms with Gasteiger partial charge in [-0.05, 0) is 65.6 Å². The predicted octanol–water partition coefficient (Wildman–Crippen LogP) is 5.50. The molecule has 1 aliphatic rings. The number of nitrogens with one attached hydrogen (secondary N) is 1.